The first-order valence-corrected chi connectivity index (χ1v) is 10.9. The minimum absolute atomic E-state index is 0. The van der Waals surface area contributed by atoms with Crippen molar-refractivity contribution in [1.29, 1.82) is 0 Å². The Labute approximate surface area is 192 Å². The number of pyridine rings is 1. The number of aryl methyl sites for hydroxylation is 3. The van der Waals surface area contributed by atoms with E-state index in [0.717, 1.165) is 43.4 Å². The Kier molecular flexibility index (Phi) is 8.22. The second kappa shape index (κ2) is 10.9. The highest BCUT2D eigenvalue weighted by atomic mass is 127. The van der Waals surface area contributed by atoms with Gasteiger partial charge in [-0.2, -0.15) is 0 Å². The minimum Gasteiger partial charge on any atom is -0.357 e. The third-order valence-electron chi connectivity index (χ3n) is 4.86. The number of hydrogen-bond donors (Lipinski definition) is 2. The minimum atomic E-state index is 0. The van der Waals surface area contributed by atoms with Crippen molar-refractivity contribution in [3.05, 3.63) is 45.8 Å². The molecule has 7 nitrogen and oxygen atoms in total. The zero-order valence-electron chi connectivity index (χ0n) is 16.7. The maximum atomic E-state index is 4.83. The summed E-state index contributed by atoms with van der Waals surface area (Å²) >= 11 is 1.91. The highest BCUT2D eigenvalue weighted by molar-refractivity contribution is 14.0. The van der Waals surface area contributed by atoms with Gasteiger partial charge < -0.3 is 10.6 Å². The van der Waals surface area contributed by atoms with Crippen molar-refractivity contribution in [2.75, 3.05) is 13.1 Å². The van der Waals surface area contributed by atoms with E-state index < -0.39 is 0 Å². The van der Waals surface area contributed by atoms with Crippen molar-refractivity contribution in [3.63, 3.8) is 0 Å². The largest absolute Gasteiger partial charge is 0.357 e. The van der Waals surface area contributed by atoms with Gasteiger partial charge in [0.2, 0.25) is 0 Å². The Hall–Kier alpha value is -1.75. The second-order valence-electron chi connectivity index (χ2n) is 6.96. The number of aromatic nitrogens is 4. The van der Waals surface area contributed by atoms with Gasteiger partial charge >= 0.3 is 0 Å². The number of nitrogens with one attached hydrogen (secondary N) is 2. The Bertz CT molecular complexity index is 926. The van der Waals surface area contributed by atoms with E-state index in [2.05, 4.69) is 32.7 Å². The summed E-state index contributed by atoms with van der Waals surface area (Å²) < 4.78 is 1.97. The molecule has 29 heavy (non-hydrogen) atoms. The fraction of sp³-hybridized carbons (Fsp3) is 0.500. The van der Waals surface area contributed by atoms with Gasteiger partial charge in [0.05, 0.1) is 10.7 Å². The SMILES string of the molecule is CCNC(=NCc1nnc2ccccn12)NCCCc1nc2c(s1)CCCC2.I. The van der Waals surface area contributed by atoms with Crippen molar-refractivity contribution < 1.29 is 0 Å². The highest BCUT2D eigenvalue weighted by Gasteiger charge is 2.14. The number of halogens is 1. The number of rotatable bonds is 7. The van der Waals surface area contributed by atoms with Crippen LogP contribution in [-0.4, -0.2) is 38.6 Å². The van der Waals surface area contributed by atoms with Crippen LogP contribution in [0.5, 0.6) is 0 Å². The molecule has 3 heterocycles. The molecule has 0 saturated heterocycles. The van der Waals surface area contributed by atoms with Crippen molar-refractivity contribution in [3.8, 4) is 0 Å². The van der Waals surface area contributed by atoms with Gasteiger partial charge in [-0.1, -0.05) is 6.07 Å². The topological polar surface area (TPSA) is 79.5 Å². The summed E-state index contributed by atoms with van der Waals surface area (Å²) in [6.45, 7) is 4.26. The lowest BCUT2D eigenvalue weighted by Gasteiger charge is -2.10. The van der Waals surface area contributed by atoms with Crippen molar-refractivity contribution in [2.24, 2.45) is 4.99 Å². The monoisotopic (exact) mass is 525 g/mol. The first-order valence-electron chi connectivity index (χ1n) is 10.1. The maximum absolute atomic E-state index is 4.83. The third-order valence-corrected chi connectivity index (χ3v) is 6.07. The summed E-state index contributed by atoms with van der Waals surface area (Å²) in [7, 11) is 0. The average molecular weight is 525 g/mol. The molecular formula is C20H28IN7S. The van der Waals surface area contributed by atoms with Crippen LogP contribution >= 0.6 is 35.3 Å². The van der Waals surface area contributed by atoms with Crippen LogP contribution in [0, 0.1) is 0 Å². The lowest BCUT2D eigenvalue weighted by atomic mass is 10.0. The number of aliphatic imine (C=N–C) groups is 1. The van der Waals surface area contributed by atoms with Crippen LogP contribution in [0.4, 0.5) is 0 Å². The van der Waals surface area contributed by atoms with Crippen molar-refractivity contribution >= 4 is 46.9 Å². The fourth-order valence-corrected chi connectivity index (χ4v) is 4.65. The molecule has 1 aliphatic carbocycles. The van der Waals surface area contributed by atoms with Crippen molar-refractivity contribution in [2.45, 2.75) is 52.0 Å². The molecule has 0 amide bonds. The average Bonchev–Trinajstić information content (AvgIpc) is 3.33. The molecular weight excluding hydrogens is 497 g/mol. The van der Waals surface area contributed by atoms with Crippen LogP contribution in [0.25, 0.3) is 5.65 Å². The van der Waals surface area contributed by atoms with Crippen LogP contribution in [0.3, 0.4) is 0 Å². The van der Waals surface area contributed by atoms with E-state index in [9.17, 15) is 0 Å². The molecule has 2 N–H and O–H groups in total. The molecule has 0 saturated carbocycles. The fourth-order valence-electron chi connectivity index (χ4n) is 3.45. The molecule has 0 unspecified atom stereocenters. The number of guanidine groups is 1. The van der Waals surface area contributed by atoms with Crippen LogP contribution in [0.2, 0.25) is 0 Å². The molecule has 0 aromatic carbocycles. The smallest absolute Gasteiger partial charge is 0.191 e. The van der Waals surface area contributed by atoms with Gasteiger partial charge in [-0.25, -0.2) is 9.98 Å². The van der Waals surface area contributed by atoms with E-state index in [4.69, 9.17) is 4.98 Å². The lowest BCUT2D eigenvalue weighted by Crippen LogP contribution is -2.37. The van der Waals surface area contributed by atoms with Gasteiger partial charge in [0.25, 0.3) is 0 Å². The van der Waals surface area contributed by atoms with Gasteiger partial charge in [0.15, 0.2) is 17.4 Å². The Balaban J connectivity index is 0.00000240. The van der Waals surface area contributed by atoms with E-state index in [1.807, 2.05) is 40.1 Å². The summed E-state index contributed by atoms with van der Waals surface area (Å²) in [5, 5.41) is 16.4. The van der Waals surface area contributed by atoms with Gasteiger partial charge in [0, 0.05) is 30.6 Å². The summed E-state index contributed by atoms with van der Waals surface area (Å²) in [6.07, 6.45) is 9.04. The quantitative estimate of drug-likeness (QED) is 0.214. The number of thiazole rings is 1. The standard InChI is InChI=1S/C20H27N7S.HI/c1-2-21-20(23-14-18-26-25-17-10-5-6-13-27(17)18)22-12-7-11-19-24-15-8-3-4-9-16(15)28-19;/h5-6,10,13H,2-4,7-9,11-12,14H2,1H3,(H2,21,22,23);1H. The lowest BCUT2D eigenvalue weighted by molar-refractivity contribution is 0.678. The first kappa shape index (κ1) is 21.9. The number of nitrogens with zero attached hydrogens (tertiary/aromatic N) is 5. The van der Waals surface area contributed by atoms with E-state index in [0.29, 0.717) is 6.54 Å². The van der Waals surface area contributed by atoms with Gasteiger partial charge in [0.1, 0.15) is 6.54 Å². The number of hydrogen-bond acceptors (Lipinski definition) is 5. The molecule has 0 fully saturated rings. The van der Waals surface area contributed by atoms with Crippen LogP contribution in [0.1, 0.15) is 47.6 Å². The molecule has 0 atom stereocenters. The van der Waals surface area contributed by atoms with E-state index in [-0.39, 0.29) is 24.0 Å². The van der Waals surface area contributed by atoms with Crippen LogP contribution < -0.4 is 10.6 Å². The molecule has 0 radical (unpaired) electrons. The zero-order valence-corrected chi connectivity index (χ0v) is 19.9. The van der Waals surface area contributed by atoms with Gasteiger partial charge in [-0.3, -0.25) is 4.40 Å². The molecule has 3 aromatic heterocycles. The molecule has 0 aliphatic heterocycles. The maximum Gasteiger partial charge on any atom is 0.191 e. The molecule has 1 aliphatic rings. The Morgan fingerprint density at radius 1 is 1.21 bits per heavy atom. The molecule has 0 spiro atoms. The van der Waals surface area contributed by atoms with E-state index in [1.54, 1.807) is 0 Å². The third kappa shape index (κ3) is 5.65. The van der Waals surface area contributed by atoms with Gasteiger partial charge in [-0.05, 0) is 51.2 Å². The van der Waals surface area contributed by atoms with Crippen molar-refractivity contribution in [1.82, 2.24) is 30.2 Å². The molecule has 9 heteroatoms. The van der Waals surface area contributed by atoms with E-state index in [1.165, 1.54) is 41.3 Å². The normalized spacial score (nSPS) is 13.8. The molecule has 156 valence electrons. The summed E-state index contributed by atoms with van der Waals surface area (Å²) in [4.78, 5) is 11.0. The predicted molar refractivity (Wildman–Crippen MR) is 128 cm³/mol. The summed E-state index contributed by atoms with van der Waals surface area (Å²) in [5.74, 6) is 1.65. The van der Waals surface area contributed by atoms with Crippen LogP contribution in [-0.2, 0) is 25.8 Å². The van der Waals surface area contributed by atoms with Crippen LogP contribution in [0.15, 0.2) is 29.4 Å². The Morgan fingerprint density at radius 3 is 2.97 bits per heavy atom. The number of fused-ring (bicyclic) bond motifs is 2. The summed E-state index contributed by atoms with van der Waals surface area (Å²) in [6, 6.07) is 5.88. The molecule has 4 rings (SSSR count). The highest BCUT2D eigenvalue weighted by Crippen LogP contribution is 2.27. The second-order valence-corrected chi connectivity index (χ2v) is 8.12. The zero-order chi connectivity index (χ0) is 19.2. The predicted octanol–water partition coefficient (Wildman–Crippen LogP) is 3.37. The van der Waals surface area contributed by atoms with E-state index >= 15 is 0 Å². The first-order chi connectivity index (χ1) is 13.8. The molecule has 3 aromatic rings. The molecule has 0 bridgehead atoms. The Morgan fingerprint density at radius 2 is 2.10 bits per heavy atom. The summed E-state index contributed by atoms with van der Waals surface area (Å²) in [5.41, 5.74) is 2.20. The van der Waals surface area contributed by atoms with Gasteiger partial charge in [-0.15, -0.1) is 45.5 Å².